The van der Waals surface area contributed by atoms with E-state index in [1.54, 1.807) is 0 Å². The van der Waals surface area contributed by atoms with Crippen molar-refractivity contribution in [3.05, 3.63) is 107 Å². The van der Waals surface area contributed by atoms with Gasteiger partial charge in [0.05, 0.1) is 0 Å². The zero-order valence-electron chi connectivity index (χ0n) is 16.4. The molecule has 136 valence electrons. The number of allylic oxidation sites excluding steroid dienone is 1. The number of benzene rings is 3. The average Bonchev–Trinajstić information content (AvgIpc) is 3.06. The van der Waals surface area contributed by atoms with Crippen molar-refractivity contribution in [1.29, 1.82) is 0 Å². The summed E-state index contributed by atoms with van der Waals surface area (Å²) in [4.78, 5) is 0. The van der Waals surface area contributed by atoms with Crippen LogP contribution >= 0.6 is 0 Å². The van der Waals surface area contributed by atoms with E-state index in [2.05, 4.69) is 111 Å². The number of hydrogen-bond acceptors (Lipinski definition) is 1. The van der Waals surface area contributed by atoms with Crippen molar-refractivity contribution in [3.63, 3.8) is 0 Å². The van der Waals surface area contributed by atoms with Crippen molar-refractivity contribution in [2.75, 3.05) is 0 Å². The summed E-state index contributed by atoms with van der Waals surface area (Å²) in [6.45, 7) is 7.53. The van der Waals surface area contributed by atoms with E-state index in [1.807, 2.05) is 0 Å². The van der Waals surface area contributed by atoms with Gasteiger partial charge in [0.15, 0.2) is 0 Å². The van der Waals surface area contributed by atoms with Crippen molar-refractivity contribution in [2.45, 2.75) is 38.8 Å². The molecule has 0 aliphatic heterocycles. The van der Waals surface area contributed by atoms with Crippen LogP contribution in [0.3, 0.4) is 0 Å². The van der Waals surface area contributed by atoms with Crippen LogP contribution < -0.4 is 5.32 Å². The summed E-state index contributed by atoms with van der Waals surface area (Å²) >= 11 is 0. The fourth-order valence-corrected chi connectivity index (χ4v) is 3.88. The normalized spacial score (nSPS) is 16.1. The zero-order chi connectivity index (χ0) is 18.9. The molecule has 1 N–H and O–H groups in total. The maximum atomic E-state index is 3.66. The molecule has 0 spiro atoms. The van der Waals surface area contributed by atoms with Gasteiger partial charge < -0.3 is 5.32 Å². The molecule has 0 saturated carbocycles. The summed E-state index contributed by atoms with van der Waals surface area (Å²) in [5.41, 5.74) is 8.29. The average molecular weight is 354 g/mol. The Labute approximate surface area is 162 Å². The van der Waals surface area contributed by atoms with Gasteiger partial charge in [0.1, 0.15) is 0 Å². The molecule has 0 heterocycles. The summed E-state index contributed by atoms with van der Waals surface area (Å²) in [6.07, 6.45) is 2.36. The molecule has 3 aromatic rings. The lowest BCUT2D eigenvalue weighted by molar-refractivity contribution is 0.423. The minimum absolute atomic E-state index is 0.0960. The molecule has 0 saturated heterocycles. The van der Waals surface area contributed by atoms with Gasteiger partial charge in [-0.15, -0.1) is 0 Å². The Kier molecular flexibility index (Phi) is 4.72. The smallest absolute Gasteiger partial charge is 0.0355 e. The number of hydrogen-bond donors (Lipinski definition) is 1. The van der Waals surface area contributed by atoms with E-state index in [1.165, 1.54) is 33.4 Å². The van der Waals surface area contributed by atoms with Crippen LogP contribution in [-0.4, -0.2) is 5.54 Å². The van der Waals surface area contributed by atoms with Crippen LogP contribution in [0.5, 0.6) is 0 Å². The molecular formula is C26H27N. The highest BCUT2D eigenvalue weighted by Crippen LogP contribution is 2.46. The minimum atomic E-state index is 0.0960. The van der Waals surface area contributed by atoms with Gasteiger partial charge in [0.25, 0.3) is 0 Å². The van der Waals surface area contributed by atoms with E-state index in [-0.39, 0.29) is 11.5 Å². The van der Waals surface area contributed by atoms with Gasteiger partial charge in [-0.25, -0.2) is 0 Å². The first-order valence-corrected chi connectivity index (χ1v) is 9.72. The molecule has 1 aliphatic carbocycles. The Morgan fingerprint density at radius 1 is 0.741 bits per heavy atom. The summed E-state index contributed by atoms with van der Waals surface area (Å²) in [6, 6.07) is 28.5. The molecule has 1 nitrogen and oxygen atoms in total. The fraction of sp³-hybridized carbons (Fsp3) is 0.231. The number of fused-ring (bicyclic) bond motifs is 1. The Bertz CT molecular complexity index is 961. The molecular weight excluding hydrogens is 326 g/mol. The highest BCUT2D eigenvalue weighted by molar-refractivity contribution is 5.93. The van der Waals surface area contributed by atoms with Gasteiger partial charge in [-0.1, -0.05) is 78.9 Å². The van der Waals surface area contributed by atoms with Gasteiger partial charge in [-0.3, -0.25) is 0 Å². The monoisotopic (exact) mass is 353 g/mol. The molecule has 4 rings (SSSR count). The van der Waals surface area contributed by atoms with E-state index in [4.69, 9.17) is 0 Å². The summed E-state index contributed by atoms with van der Waals surface area (Å²) in [7, 11) is 0. The predicted octanol–water partition coefficient (Wildman–Crippen LogP) is 6.26. The van der Waals surface area contributed by atoms with E-state index in [9.17, 15) is 0 Å². The summed E-state index contributed by atoms with van der Waals surface area (Å²) in [5.74, 6) is 0.279. The van der Waals surface area contributed by atoms with Gasteiger partial charge in [-0.2, -0.15) is 0 Å². The Balaban J connectivity index is 1.80. The first-order valence-electron chi connectivity index (χ1n) is 9.72. The Morgan fingerprint density at radius 2 is 1.37 bits per heavy atom. The molecule has 1 aliphatic rings. The second-order valence-electron chi connectivity index (χ2n) is 8.33. The first kappa shape index (κ1) is 17.8. The van der Waals surface area contributed by atoms with Crippen LogP contribution in [0, 0.1) is 0 Å². The quantitative estimate of drug-likeness (QED) is 0.583. The highest BCUT2D eigenvalue weighted by Gasteiger charge is 2.29. The molecule has 0 radical (unpaired) electrons. The lowest BCUT2D eigenvalue weighted by Gasteiger charge is -2.25. The third-order valence-corrected chi connectivity index (χ3v) is 5.21. The van der Waals surface area contributed by atoms with Crippen molar-refractivity contribution < 1.29 is 0 Å². The van der Waals surface area contributed by atoms with E-state index in [0.29, 0.717) is 0 Å². The molecule has 3 aromatic carbocycles. The summed E-state index contributed by atoms with van der Waals surface area (Å²) in [5, 5.41) is 3.66. The van der Waals surface area contributed by atoms with Gasteiger partial charge in [0, 0.05) is 18.0 Å². The third-order valence-electron chi connectivity index (χ3n) is 5.21. The second-order valence-corrected chi connectivity index (χ2v) is 8.33. The van der Waals surface area contributed by atoms with Crippen LogP contribution in [0.1, 0.15) is 54.5 Å². The van der Waals surface area contributed by atoms with E-state index >= 15 is 0 Å². The van der Waals surface area contributed by atoms with E-state index in [0.717, 1.165) is 6.54 Å². The first-order chi connectivity index (χ1) is 13.0. The third kappa shape index (κ3) is 3.74. The molecule has 0 amide bonds. The van der Waals surface area contributed by atoms with Crippen LogP contribution in [-0.2, 0) is 6.54 Å². The second kappa shape index (κ2) is 7.17. The van der Waals surface area contributed by atoms with Crippen LogP contribution in [0.25, 0.3) is 11.6 Å². The van der Waals surface area contributed by atoms with Gasteiger partial charge in [-0.05, 0) is 60.2 Å². The standard InChI is InChI=1S/C26H27N/c1-26(2,3)27-18-21-14-8-10-16-23(21)25-22-15-9-7-13-20(22)17-24(25)19-11-5-4-6-12-19/h4-17,25,27H,18H2,1-3H3. The lowest BCUT2D eigenvalue weighted by atomic mass is 9.83. The minimum Gasteiger partial charge on any atom is -0.308 e. The van der Waals surface area contributed by atoms with Crippen LogP contribution in [0.4, 0.5) is 0 Å². The van der Waals surface area contributed by atoms with Crippen LogP contribution in [0.15, 0.2) is 78.9 Å². The van der Waals surface area contributed by atoms with Crippen LogP contribution in [0.2, 0.25) is 0 Å². The van der Waals surface area contributed by atoms with Gasteiger partial charge in [0.2, 0.25) is 0 Å². The van der Waals surface area contributed by atoms with Crippen molar-refractivity contribution in [1.82, 2.24) is 5.32 Å². The highest BCUT2D eigenvalue weighted by atomic mass is 14.9. The number of rotatable bonds is 4. The van der Waals surface area contributed by atoms with Crippen molar-refractivity contribution >= 4 is 11.6 Å². The predicted molar refractivity (Wildman–Crippen MR) is 116 cm³/mol. The van der Waals surface area contributed by atoms with Crippen molar-refractivity contribution in [3.8, 4) is 0 Å². The van der Waals surface area contributed by atoms with Gasteiger partial charge >= 0.3 is 0 Å². The maximum Gasteiger partial charge on any atom is 0.0355 e. The Hall–Kier alpha value is -2.64. The molecule has 0 fully saturated rings. The largest absolute Gasteiger partial charge is 0.308 e. The SMILES string of the molecule is CC(C)(C)NCc1ccccc1C1C(c2ccccc2)=Cc2ccccc21. The molecule has 0 aromatic heterocycles. The Morgan fingerprint density at radius 3 is 2.11 bits per heavy atom. The summed E-state index contributed by atoms with van der Waals surface area (Å²) < 4.78 is 0. The van der Waals surface area contributed by atoms with Crippen molar-refractivity contribution in [2.24, 2.45) is 0 Å². The topological polar surface area (TPSA) is 12.0 Å². The maximum absolute atomic E-state index is 3.66. The number of nitrogens with one attached hydrogen (secondary N) is 1. The fourth-order valence-electron chi connectivity index (χ4n) is 3.88. The zero-order valence-corrected chi connectivity index (χ0v) is 16.4. The molecule has 1 atom stereocenters. The molecule has 1 unspecified atom stereocenters. The lowest BCUT2D eigenvalue weighted by Crippen LogP contribution is -2.35. The molecule has 0 bridgehead atoms. The molecule has 1 heteroatoms. The van der Waals surface area contributed by atoms with E-state index < -0.39 is 0 Å². The molecule has 27 heavy (non-hydrogen) atoms.